The number of phenols is 1. The van der Waals surface area contributed by atoms with Crippen LogP contribution in [0.2, 0.25) is 0 Å². The van der Waals surface area contributed by atoms with E-state index in [-0.39, 0.29) is 36.5 Å². The highest BCUT2D eigenvalue weighted by molar-refractivity contribution is 6.03. The van der Waals surface area contributed by atoms with Crippen molar-refractivity contribution in [3.8, 4) is 5.75 Å². The van der Waals surface area contributed by atoms with Gasteiger partial charge in [0.05, 0.1) is 19.2 Å². The first kappa shape index (κ1) is 18.4. The van der Waals surface area contributed by atoms with E-state index in [1.54, 1.807) is 24.3 Å². The lowest BCUT2D eigenvalue weighted by Gasteiger charge is -2.14. The number of rotatable bonds is 7. The van der Waals surface area contributed by atoms with Crippen LogP contribution in [0.15, 0.2) is 53.7 Å². The molecule has 2 rings (SSSR count). The number of phenolic OH excluding ortho intramolecular Hbond substituents is 1. The third-order valence-corrected chi connectivity index (χ3v) is 3.64. The van der Waals surface area contributed by atoms with Gasteiger partial charge >= 0.3 is 5.97 Å². The molecule has 1 atom stereocenters. The van der Waals surface area contributed by atoms with E-state index >= 15 is 0 Å². The van der Waals surface area contributed by atoms with Crippen molar-refractivity contribution in [2.24, 2.45) is 11.1 Å². The summed E-state index contributed by atoms with van der Waals surface area (Å²) in [5.74, 6) is -0.776. The molecule has 0 saturated carbocycles. The minimum Gasteiger partial charge on any atom is -0.508 e. The van der Waals surface area contributed by atoms with Crippen LogP contribution in [0.3, 0.4) is 0 Å². The van der Waals surface area contributed by atoms with E-state index in [1.807, 2.05) is 6.92 Å². The van der Waals surface area contributed by atoms with Crippen LogP contribution in [-0.2, 0) is 21.0 Å². The van der Waals surface area contributed by atoms with Crippen LogP contribution in [0.4, 0.5) is 4.39 Å². The summed E-state index contributed by atoms with van der Waals surface area (Å²) in [6, 6.07) is 12.4. The van der Waals surface area contributed by atoms with Crippen molar-refractivity contribution < 1.29 is 23.9 Å². The zero-order chi connectivity index (χ0) is 18.2. The molecule has 132 valence electrons. The second-order valence-electron chi connectivity index (χ2n) is 5.60. The first-order valence-corrected chi connectivity index (χ1v) is 7.80. The molecule has 1 N–H and O–H groups in total. The lowest BCUT2D eigenvalue weighted by Crippen LogP contribution is -2.18. The number of aromatic hydroxyl groups is 1. The molecule has 2 aromatic rings. The van der Waals surface area contributed by atoms with E-state index in [9.17, 15) is 14.3 Å². The molecule has 0 aliphatic rings. The maximum atomic E-state index is 12.9. The molecule has 0 saturated heterocycles. The van der Waals surface area contributed by atoms with E-state index in [0.717, 1.165) is 11.1 Å². The lowest BCUT2D eigenvalue weighted by molar-refractivity contribution is -0.141. The van der Waals surface area contributed by atoms with Gasteiger partial charge in [-0.05, 0) is 47.5 Å². The molecule has 0 amide bonds. The molecule has 0 bridgehead atoms. The summed E-state index contributed by atoms with van der Waals surface area (Å²) in [4.78, 5) is 16.9. The number of halogens is 1. The Labute approximate surface area is 145 Å². The maximum Gasteiger partial charge on any atom is 0.306 e. The number of hydrogen-bond donors (Lipinski definition) is 1. The molecule has 0 radical (unpaired) electrons. The van der Waals surface area contributed by atoms with Gasteiger partial charge in [-0.1, -0.05) is 24.2 Å². The molecule has 0 aliphatic heterocycles. The van der Waals surface area contributed by atoms with Gasteiger partial charge in [-0.15, -0.1) is 0 Å². The first-order chi connectivity index (χ1) is 12.0. The Morgan fingerprint density at radius 1 is 1.16 bits per heavy atom. The van der Waals surface area contributed by atoms with Crippen LogP contribution in [-0.4, -0.2) is 23.9 Å². The molecule has 1 unspecified atom stereocenters. The number of nitrogens with zero attached hydrogens (tertiary/aromatic N) is 1. The number of esters is 1. The third-order valence-electron chi connectivity index (χ3n) is 3.64. The van der Waals surface area contributed by atoms with Gasteiger partial charge < -0.3 is 14.7 Å². The largest absolute Gasteiger partial charge is 0.508 e. The van der Waals surface area contributed by atoms with Crippen LogP contribution in [0.25, 0.3) is 0 Å². The molecule has 0 aliphatic carbocycles. The second kappa shape index (κ2) is 8.82. The topological polar surface area (TPSA) is 68.1 Å². The average Bonchev–Trinajstić information content (AvgIpc) is 2.61. The first-order valence-electron chi connectivity index (χ1n) is 7.80. The average molecular weight is 345 g/mol. The Morgan fingerprint density at radius 2 is 1.80 bits per heavy atom. The third kappa shape index (κ3) is 5.60. The van der Waals surface area contributed by atoms with Gasteiger partial charge in [0, 0.05) is 5.92 Å². The fourth-order valence-electron chi connectivity index (χ4n) is 2.25. The fourth-order valence-corrected chi connectivity index (χ4v) is 2.25. The normalized spacial score (nSPS) is 12.5. The van der Waals surface area contributed by atoms with Crippen molar-refractivity contribution in [1.82, 2.24) is 0 Å². The summed E-state index contributed by atoms with van der Waals surface area (Å²) in [6.45, 7) is 2.01. The van der Waals surface area contributed by atoms with Gasteiger partial charge in [-0.2, -0.15) is 0 Å². The highest BCUT2D eigenvalue weighted by Gasteiger charge is 2.18. The fraction of sp³-hybridized carbons (Fsp3) is 0.263. The van der Waals surface area contributed by atoms with Crippen molar-refractivity contribution in [2.75, 3.05) is 7.11 Å². The second-order valence-corrected chi connectivity index (χ2v) is 5.60. The monoisotopic (exact) mass is 345 g/mol. The minimum atomic E-state index is -0.350. The van der Waals surface area contributed by atoms with Gasteiger partial charge in [-0.25, -0.2) is 4.39 Å². The van der Waals surface area contributed by atoms with E-state index in [1.165, 1.54) is 31.4 Å². The van der Waals surface area contributed by atoms with Crippen molar-refractivity contribution in [1.29, 1.82) is 0 Å². The van der Waals surface area contributed by atoms with Gasteiger partial charge in [0.25, 0.3) is 0 Å². The van der Waals surface area contributed by atoms with Gasteiger partial charge in [0.15, 0.2) is 0 Å². The molecule has 25 heavy (non-hydrogen) atoms. The summed E-state index contributed by atoms with van der Waals surface area (Å²) in [5, 5.41) is 13.6. The zero-order valence-electron chi connectivity index (χ0n) is 14.1. The number of carbonyl (C=O) groups is 1. The van der Waals surface area contributed by atoms with Crippen LogP contribution in [0.5, 0.6) is 5.75 Å². The summed E-state index contributed by atoms with van der Waals surface area (Å²) in [7, 11) is 1.33. The number of ether oxygens (including phenoxy) is 1. The highest BCUT2D eigenvalue weighted by atomic mass is 19.1. The van der Waals surface area contributed by atoms with Gasteiger partial charge in [0.1, 0.15) is 18.2 Å². The van der Waals surface area contributed by atoms with E-state index in [0.29, 0.717) is 5.71 Å². The van der Waals surface area contributed by atoms with Crippen LogP contribution >= 0.6 is 0 Å². The van der Waals surface area contributed by atoms with E-state index in [4.69, 9.17) is 9.57 Å². The van der Waals surface area contributed by atoms with Crippen molar-refractivity contribution >= 4 is 11.7 Å². The maximum absolute atomic E-state index is 12.9. The number of benzene rings is 2. The van der Waals surface area contributed by atoms with Crippen LogP contribution in [0.1, 0.15) is 24.5 Å². The van der Waals surface area contributed by atoms with E-state index < -0.39 is 0 Å². The van der Waals surface area contributed by atoms with E-state index in [2.05, 4.69) is 5.16 Å². The summed E-state index contributed by atoms with van der Waals surface area (Å²) >= 11 is 0. The quantitative estimate of drug-likeness (QED) is 0.472. The molecular formula is C19H20FNO4. The van der Waals surface area contributed by atoms with Gasteiger partial charge in [-0.3, -0.25) is 4.79 Å². The van der Waals surface area contributed by atoms with Crippen LogP contribution < -0.4 is 0 Å². The molecule has 6 heteroatoms. The Hall–Kier alpha value is -2.89. The molecule has 0 spiro atoms. The SMILES string of the molecule is COC(=O)CC(C)C(=NOCc1ccc(F)cc1)c1ccc(O)cc1. The molecular weight excluding hydrogens is 325 g/mol. The Kier molecular flexibility index (Phi) is 6.51. The number of methoxy groups -OCH3 is 1. The van der Waals surface area contributed by atoms with Gasteiger partial charge in [0.2, 0.25) is 0 Å². The molecule has 5 nitrogen and oxygen atoms in total. The molecule has 0 aromatic heterocycles. The number of carbonyl (C=O) groups excluding carboxylic acids is 1. The zero-order valence-corrected chi connectivity index (χ0v) is 14.1. The Bertz CT molecular complexity index is 726. The van der Waals surface area contributed by atoms with Crippen molar-refractivity contribution in [3.63, 3.8) is 0 Å². The van der Waals surface area contributed by atoms with Crippen LogP contribution in [0, 0.1) is 11.7 Å². The highest BCUT2D eigenvalue weighted by Crippen LogP contribution is 2.18. The summed E-state index contributed by atoms with van der Waals surface area (Å²) in [6.07, 6.45) is 0.149. The predicted molar refractivity (Wildman–Crippen MR) is 91.6 cm³/mol. The number of oxime groups is 1. The predicted octanol–water partition coefficient (Wildman–Crippen LogP) is 3.65. The molecule has 0 heterocycles. The summed E-state index contributed by atoms with van der Waals surface area (Å²) in [5.41, 5.74) is 2.07. The van der Waals surface area contributed by atoms with Crippen molar-refractivity contribution in [2.45, 2.75) is 20.0 Å². The van der Waals surface area contributed by atoms with Crippen molar-refractivity contribution in [3.05, 3.63) is 65.5 Å². The summed E-state index contributed by atoms with van der Waals surface area (Å²) < 4.78 is 17.6. The Morgan fingerprint density at radius 3 is 2.40 bits per heavy atom. The Balaban J connectivity index is 2.15. The molecule has 2 aromatic carbocycles. The standard InChI is InChI=1S/C19H20FNO4/c1-13(11-18(23)24-2)19(15-5-9-17(22)10-6-15)21-25-12-14-3-7-16(20)8-4-14/h3-10,13,22H,11-12H2,1-2H3. The smallest absolute Gasteiger partial charge is 0.306 e. The molecule has 0 fully saturated rings. The lowest BCUT2D eigenvalue weighted by atomic mass is 9.95. The minimum absolute atomic E-state index is 0.135. The number of hydrogen-bond acceptors (Lipinski definition) is 5.